The van der Waals surface area contributed by atoms with E-state index in [0.29, 0.717) is 32.9 Å². The van der Waals surface area contributed by atoms with E-state index >= 15 is 0 Å². The predicted octanol–water partition coefficient (Wildman–Crippen LogP) is 8.43. The summed E-state index contributed by atoms with van der Waals surface area (Å²) in [4.78, 5) is 16.6. The van der Waals surface area contributed by atoms with Gasteiger partial charge in [0.2, 0.25) is 5.91 Å². The lowest BCUT2D eigenvalue weighted by atomic mass is 9.96. The first kappa shape index (κ1) is 26.6. The van der Waals surface area contributed by atoms with Gasteiger partial charge >= 0.3 is 0 Å². The first-order chi connectivity index (χ1) is 16.3. The fourth-order valence-corrected chi connectivity index (χ4v) is 4.25. The third-order valence-corrected chi connectivity index (χ3v) is 6.89. The van der Waals surface area contributed by atoms with Crippen LogP contribution in [0.3, 0.4) is 0 Å². The molecule has 0 radical (unpaired) electrons. The molecular formula is C27H26Cl4N2O. The van der Waals surface area contributed by atoms with E-state index in [0.717, 1.165) is 36.0 Å². The number of carbonyl (C=O) groups is 1. The molecule has 3 aromatic rings. The molecule has 1 aromatic heterocycles. The second kappa shape index (κ2) is 13.2. The number of allylic oxidation sites excluding steroid dienone is 1. The summed E-state index contributed by atoms with van der Waals surface area (Å²) in [5.41, 5.74) is 3.90. The molecule has 0 saturated heterocycles. The SMILES string of the molecule is CC(CCCc1cccnc1)NC(=O)CCC=C(c1ccc(Cl)c(Cl)c1)c1ccc(Cl)c(Cl)c1. The van der Waals surface area contributed by atoms with Gasteiger partial charge in [0, 0.05) is 24.9 Å². The van der Waals surface area contributed by atoms with Crippen molar-refractivity contribution < 1.29 is 4.79 Å². The first-order valence-corrected chi connectivity index (χ1v) is 12.6. The van der Waals surface area contributed by atoms with Gasteiger partial charge in [0.05, 0.1) is 20.1 Å². The zero-order valence-corrected chi connectivity index (χ0v) is 21.9. The maximum Gasteiger partial charge on any atom is 0.220 e. The van der Waals surface area contributed by atoms with Gasteiger partial charge in [-0.3, -0.25) is 9.78 Å². The molecule has 0 aliphatic rings. The fourth-order valence-electron chi connectivity index (χ4n) is 3.65. The Morgan fingerprint density at radius 1 is 0.971 bits per heavy atom. The smallest absolute Gasteiger partial charge is 0.220 e. The highest BCUT2D eigenvalue weighted by molar-refractivity contribution is 6.42. The molecule has 1 heterocycles. The Hall–Kier alpha value is -2.04. The average molecular weight is 536 g/mol. The third kappa shape index (κ3) is 8.02. The Kier molecular flexibility index (Phi) is 10.3. The number of halogens is 4. The van der Waals surface area contributed by atoms with Crippen molar-refractivity contribution in [1.29, 1.82) is 0 Å². The van der Waals surface area contributed by atoms with Crippen molar-refractivity contribution in [3.05, 3.63) is 104 Å². The van der Waals surface area contributed by atoms with E-state index in [4.69, 9.17) is 46.4 Å². The molecule has 7 heteroatoms. The molecule has 3 rings (SSSR count). The van der Waals surface area contributed by atoms with Gasteiger partial charge in [-0.1, -0.05) is 70.7 Å². The minimum atomic E-state index is 0.0211. The highest BCUT2D eigenvalue weighted by Gasteiger charge is 2.11. The Labute approximate surface area is 221 Å². The zero-order chi connectivity index (χ0) is 24.5. The summed E-state index contributed by atoms with van der Waals surface area (Å²) < 4.78 is 0. The molecule has 3 nitrogen and oxygen atoms in total. The number of nitrogens with one attached hydrogen (secondary N) is 1. The summed E-state index contributed by atoms with van der Waals surface area (Å²) >= 11 is 24.7. The molecule has 0 fully saturated rings. The lowest BCUT2D eigenvalue weighted by molar-refractivity contribution is -0.121. The van der Waals surface area contributed by atoms with Crippen molar-refractivity contribution in [2.24, 2.45) is 0 Å². The van der Waals surface area contributed by atoms with Crippen LogP contribution in [0.5, 0.6) is 0 Å². The van der Waals surface area contributed by atoms with Gasteiger partial charge < -0.3 is 5.32 Å². The van der Waals surface area contributed by atoms with Gasteiger partial charge in [-0.15, -0.1) is 0 Å². The van der Waals surface area contributed by atoms with Crippen LogP contribution in [0, 0.1) is 0 Å². The van der Waals surface area contributed by atoms with Crippen LogP contribution in [0.4, 0.5) is 0 Å². The van der Waals surface area contributed by atoms with E-state index in [2.05, 4.69) is 16.4 Å². The van der Waals surface area contributed by atoms with Crippen molar-refractivity contribution in [2.75, 3.05) is 0 Å². The van der Waals surface area contributed by atoms with Crippen molar-refractivity contribution >= 4 is 57.9 Å². The topological polar surface area (TPSA) is 42.0 Å². The van der Waals surface area contributed by atoms with Crippen LogP contribution >= 0.6 is 46.4 Å². The van der Waals surface area contributed by atoms with Crippen LogP contribution < -0.4 is 5.32 Å². The average Bonchev–Trinajstić information content (AvgIpc) is 2.81. The van der Waals surface area contributed by atoms with Crippen LogP contribution in [-0.2, 0) is 11.2 Å². The van der Waals surface area contributed by atoms with Crippen LogP contribution in [0.25, 0.3) is 5.57 Å². The second-order valence-corrected chi connectivity index (χ2v) is 9.77. The number of hydrogen-bond donors (Lipinski definition) is 1. The number of carbonyl (C=O) groups excluding carboxylic acids is 1. The lowest BCUT2D eigenvalue weighted by Crippen LogP contribution is -2.32. The van der Waals surface area contributed by atoms with E-state index in [1.54, 1.807) is 18.3 Å². The highest BCUT2D eigenvalue weighted by atomic mass is 35.5. The molecule has 2 aromatic carbocycles. The largest absolute Gasteiger partial charge is 0.354 e. The normalized spacial score (nSPS) is 11.7. The molecule has 0 aliphatic carbocycles. The number of benzene rings is 2. The summed E-state index contributed by atoms with van der Waals surface area (Å²) in [7, 11) is 0. The van der Waals surface area contributed by atoms with E-state index in [1.807, 2.05) is 49.5 Å². The summed E-state index contributed by atoms with van der Waals surface area (Å²) in [6, 6.07) is 15.0. The number of aryl methyl sites for hydroxylation is 1. The lowest BCUT2D eigenvalue weighted by Gasteiger charge is -2.14. The monoisotopic (exact) mass is 534 g/mol. The van der Waals surface area contributed by atoms with Gasteiger partial charge in [0.25, 0.3) is 0 Å². The number of nitrogens with zero attached hydrogens (tertiary/aromatic N) is 1. The quantitative estimate of drug-likeness (QED) is 0.283. The molecule has 0 bridgehead atoms. The van der Waals surface area contributed by atoms with Crippen LogP contribution in [-0.4, -0.2) is 16.9 Å². The summed E-state index contributed by atoms with van der Waals surface area (Å²) in [5, 5.41) is 4.98. The molecule has 178 valence electrons. The Balaban J connectivity index is 1.61. The van der Waals surface area contributed by atoms with Crippen molar-refractivity contribution in [2.45, 2.75) is 45.1 Å². The number of amides is 1. The third-order valence-electron chi connectivity index (χ3n) is 5.41. The van der Waals surface area contributed by atoms with Gasteiger partial charge in [0.15, 0.2) is 0 Å². The summed E-state index contributed by atoms with van der Waals surface area (Å²) in [6.45, 7) is 2.04. The predicted molar refractivity (Wildman–Crippen MR) is 144 cm³/mol. The fraction of sp³-hybridized carbons (Fsp3) is 0.259. The molecule has 0 spiro atoms. The number of rotatable bonds is 10. The summed E-state index contributed by atoms with van der Waals surface area (Å²) in [5.74, 6) is 0.0211. The van der Waals surface area contributed by atoms with E-state index < -0.39 is 0 Å². The molecule has 0 saturated carbocycles. The van der Waals surface area contributed by atoms with Gasteiger partial charge in [-0.05, 0) is 85.2 Å². The molecule has 1 unspecified atom stereocenters. The van der Waals surface area contributed by atoms with E-state index in [1.165, 1.54) is 5.56 Å². The van der Waals surface area contributed by atoms with Crippen LogP contribution in [0.1, 0.15) is 49.3 Å². The standard InChI is InChI=1S/C27H26Cl4N2O/c1-18(5-2-6-19-7-4-14-32-17-19)33-27(34)9-3-8-22(20-10-12-23(28)25(30)15-20)21-11-13-24(29)26(31)16-21/h4,7-8,10-18H,2-3,5-6,9H2,1H3,(H,33,34). The van der Waals surface area contributed by atoms with Crippen LogP contribution in [0.2, 0.25) is 20.1 Å². The molecular weight excluding hydrogens is 510 g/mol. The molecule has 1 amide bonds. The molecule has 0 aliphatic heterocycles. The zero-order valence-electron chi connectivity index (χ0n) is 18.8. The van der Waals surface area contributed by atoms with Crippen LogP contribution in [0.15, 0.2) is 67.0 Å². The Morgan fingerprint density at radius 2 is 1.62 bits per heavy atom. The molecule has 1 N–H and O–H groups in total. The number of hydrogen-bond acceptors (Lipinski definition) is 2. The van der Waals surface area contributed by atoms with Gasteiger partial charge in [-0.2, -0.15) is 0 Å². The molecule has 1 atom stereocenters. The summed E-state index contributed by atoms with van der Waals surface area (Å²) in [6.07, 6.45) is 9.46. The molecule has 34 heavy (non-hydrogen) atoms. The van der Waals surface area contributed by atoms with Crippen molar-refractivity contribution in [1.82, 2.24) is 10.3 Å². The minimum absolute atomic E-state index is 0.0211. The maximum absolute atomic E-state index is 12.5. The van der Waals surface area contributed by atoms with Crippen molar-refractivity contribution in [3.63, 3.8) is 0 Å². The Morgan fingerprint density at radius 3 is 2.18 bits per heavy atom. The highest BCUT2D eigenvalue weighted by Crippen LogP contribution is 2.33. The number of aromatic nitrogens is 1. The maximum atomic E-state index is 12.5. The van der Waals surface area contributed by atoms with Crippen molar-refractivity contribution in [3.8, 4) is 0 Å². The number of pyridine rings is 1. The van der Waals surface area contributed by atoms with Gasteiger partial charge in [-0.25, -0.2) is 0 Å². The minimum Gasteiger partial charge on any atom is -0.354 e. The van der Waals surface area contributed by atoms with Gasteiger partial charge in [0.1, 0.15) is 0 Å². The second-order valence-electron chi connectivity index (χ2n) is 8.14. The first-order valence-electron chi connectivity index (χ1n) is 11.1. The van der Waals surface area contributed by atoms with E-state index in [9.17, 15) is 4.79 Å². The Bertz CT molecular complexity index is 1100. The van der Waals surface area contributed by atoms with E-state index in [-0.39, 0.29) is 11.9 Å².